The van der Waals surface area contributed by atoms with E-state index in [9.17, 15) is 10.1 Å². The number of hydrogen-bond acceptors (Lipinski definition) is 5. The molecule has 0 aliphatic carbocycles. The number of piperidine rings is 1. The normalized spacial score (nSPS) is 15.6. The van der Waals surface area contributed by atoms with Crippen LogP contribution in [-0.4, -0.2) is 28.0 Å². The quantitative estimate of drug-likeness (QED) is 0.640. The maximum absolute atomic E-state index is 10.9. The highest BCUT2D eigenvalue weighted by Gasteiger charge is 2.22. The molecular weight excluding hydrogens is 292 g/mol. The molecule has 3 rings (SSSR count). The molecule has 0 saturated carbocycles. The average Bonchev–Trinajstić information content (AvgIpc) is 2.56. The smallest absolute Gasteiger partial charge is 0.290 e. The predicted octanol–water partition coefficient (Wildman–Crippen LogP) is 3.15. The molecule has 6 heteroatoms. The van der Waals surface area contributed by atoms with Gasteiger partial charge < -0.3 is 4.90 Å². The van der Waals surface area contributed by atoms with Crippen molar-refractivity contribution in [1.82, 2.24) is 9.97 Å². The summed E-state index contributed by atoms with van der Waals surface area (Å²) >= 11 is 0. The second-order valence-corrected chi connectivity index (χ2v) is 6.08. The van der Waals surface area contributed by atoms with Gasteiger partial charge in [-0.25, -0.2) is 4.98 Å². The van der Waals surface area contributed by atoms with E-state index in [4.69, 9.17) is 0 Å². The second kappa shape index (κ2) is 6.73. The largest absolute Gasteiger partial charge is 0.357 e. The van der Waals surface area contributed by atoms with E-state index >= 15 is 0 Å². The van der Waals surface area contributed by atoms with Crippen molar-refractivity contribution in [1.29, 1.82) is 0 Å². The number of rotatable bonds is 4. The van der Waals surface area contributed by atoms with Crippen molar-refractivity contribution >= 4 is 11.5 Å². The summed E-state index contributed by atoms with van der Waals surface area (Å²) in [7, 11) is 0. The Morgan fingerprint density at radius 1 is 1.35 bits per heavy atom. The van der Waals surface area contributed by atoms with E-state index in [0.717, 1.165) is 38.2 Å². The third kappa shape index (κ3) is 3.64. The lowest BCUT2D eigenvalue weighted by molar-refractivity contribution is -0.385. The first-order chi connectivity index (χ1) is 11.1. The number of aromatic nitrogens is 2. The molecule has 0 atom stereocenters. The molecule has 0 bridgehead atoms. The molecule has 1 saturated heterocycles. The van der Waals surface area contributed by atoms with Crippen molar-refractivity contribution in [2.24, 2.45) is 5.92 Å². The lowest BCUT2D eigenvalue weighted by Crippen LogP contribution is -2.34. The number of anilines is 1. The third-order valence-corrected chi connectivity index (χ3v) is 4.45. The summed E-state index contributed by atoms with van der Waals surface area (Å²) in [6.07, 6.45) is 8.38. The summed E-state index contributed by atoms with van der Waals surface area (Å²) in [5, 5.41) is 10.9. The number of hydrogen-bond donors (Lipinski definition) is 0. The highest BCUT2D eigenvalue weighted by molar-refractivity contribution is 5.48. The van der Waals surface area contributed by atoms with Gasteiger partial charge in [-0.05, 0) is 49.8 Å². The summed E-state index contributed by atoms with van der Waals surface area (Å²) < 4.78 is 0. The summed E-state index contributed by atoms with van der Waals surface area (Å²) in [5.41, 5.74) is 2.04. The van der Waals surface area contributed by atoms with E-state index in [1.807, 2.05) is 18.3 Å². The molecule has 23 heavy (non-hydrogen) atoms. The molecule has 2 aromatic rings. The fourth-order valence-corrected chi connectivity index (χ4v) is 3.12. The van der Waals surface area contributed by atoms with Crippen molar-refractivity contribution in [2.75, 3.05) is 18.0 Å². The zero-order valence-corrected chi connectivity index (χ0v) is 13.2. The van der Waals surface area contributed by atoms with Crippen LogP contribution in [0.4, 0.5) is 11.5 Å². The molecule has 120 valence electrons. The van der Waals surface area contributed by atoms with Crippen LogP contribution in [0, 0.1) is 23.0 Å². The van der Waals surface area contributed by atoms with Crippen LogP contribution in [0.3, 0.4) is 0 Å². The number of pyridine rings is 2. The minimum atomic E-state index is -0.383. The summed E-state index contributed by atoms with van der Waals surface area (Å²) in [5.74, 6) is 1.50. The van der Waals surface area contributed by atoms with Crippen molar-refractivity contribution in [3.8, 4) is 0 Å². The molecule has 0 N–H and O–H groups in total. The van der Waals surface area contributed by atoms with Crippen molar-refractivity contribution in [2.45, 2.75) is 26.2 Å². The van der Waals surface area contributed by atoms with Crippen LogP contribution in [0.2, 0.25) is 0 Å². The molecule has 1 aliphatic rings. The van der Waals surface area contributed by atoms with Crippen molar-refractivity contribution in [3.05, 3.63) is 58.0 Å². The molecule has 3 heterocycles. The summed E-state index contributed by atoms with van der Waals surface area (Å²) in [6.45, 7) is 3.64. The average molecular weight is 312 g/mol. The van der Waals surface area contributed by atoms with Crippen LogP contribution < -0.4 is 4.90 Å². The van der Waals surface area contributed by atoms with Crippen molar-refractivity contribution in [3.63, 3.8) is 0 Å². The predicted molar refractivity (Wildman–Crippen MR) is 88.5 cm³/mol. The van der Waals surface area contributed by atoms with Gasteiger partial charge in [-0.1, -0.05) is 6.07 Å². The topological polar surface area (TPSA) is 72.2 Å². The molecule has 6 nitrogen and oxygen atoms in total. The van der Waals surface area contributed by atoms with Gasteiger partial charge in [0.05, 0.1) is 4.92 Å². The Morgan fingerprint density at radius 3 is 2.74 bits per heavy atom. The molecule has 0 radical (unpaired) electrons. The first kappa shape index (κ1) is 15.4. The molecular formula is C17H20N4O2. The molecule has 1 fully saturated rings. The summed E-state index contributed by atoms with van der Waals surface area (Å²) in [4.78, 5) is 21.1. The Labute approximate surface area is 135 Å². The van der Waals surface area contributed by atoms with E-state index in [1.54, 1.807) is 13.1 Å². The Bertz CT molecular complexity index is 682. The summed E-state index contributed by atoms with van der Waals surface area (Å²) in [6, 6.07) is 5.92. The van der Waals surface area contributed by atoms with Gasteiger partial charge in [0.1, 0.15) is 12.0 Å². The number of nitro groups is 1. The number of nitrogens with zero attached hydrogens (tertiary/aromatic N) is 4. The monoisotopic (exact) mass is 312 g/mol. The highest BCUT2D eigenvalue weighted by Crippen LogP contribution is 2.27. The lowest BCUT2D eigenvalue weighted by Gasteiger charge is -2.33. The van der Waals surface area contributed by atoms with E-state index in [0.29, 0.717) is 11.5 Å². The molecule has 0 unspecified atom stereocenters. The zero-order valence-electron chi connectivity index (χ0n) is 13.2. The Kier molecular flexibility index (Phi) is 4.50. The van der Waals surface area contributed by atoms with Gasteiger partial charge in [0.2, 0.25) is 0 Å². The molecule has 0 amide bonds. The maximum Gasteiger partial charge on any atom is 0.290 e. The van der Waals surface area contributed by atoms with Crippen LogP contribution in [0.1, 0.15) is 24.0 Å². The van der Waals surface area contributed by atoms with Gasteiger partial charge in [0, 0.05) is 31.0 Å². The van der Waals surface area contributed by atoms with Crippen LogP contribution >= 0.6 is 0 Å². The van der Waals surface area contributed by atoms with E-state index < -0.39 is 0 Å². The minimum absolute atomic E-state index is 0.0835. The first-order valence-corrected chi connectivity index (χ1v) is 7.88. The molecule has 0 spiro atoms. The Hall–Kier alpha value is -2.50. The van der Waals surface area contributed by atoms with Crippen LogP contribution in [0.25, 0.3) is 0 Å². The van der Waals surface area contributed by atoms with Crippen LogP contribution in [-0.2, 0) is 6.42 Å². The van der Waals surface area contributed by atoms with Gasteiger partial charge >= 0.3 is 0 Å². The molecule has 1 aliphatic heterocycles. The first-order valence-electron chi connectivity index (χ1n) is 7.88. The standard InChI is InChI=1S/C17H20N4O2/c1-13-9-17(19-12-16(13)21(22)23)20-7-4-14(5-8-20)10-15-3-2-6-18-11-15/h2-3,6,9,11-12,14H,4-5,7-8,10H2,1H3. The Morgan fingerprint density at radius 2 is 2.13 bits per heavy atom. The van der Waals surface area contributed by atoms with Crippen LogP contribution in [0.5, 0.6) is 0 Å². The van der Waals surface area contributed by atoms with Crippen molar-refractivity contribution < 1.29 is 4.92 Å². The minimum Gasteiger partial charge on any atom is -0.357 e. The van der Waals surface area contributed by atoms with Gasteiger partial charge in [-0.3, -0.25) is 15.1 Å². The zero-order chi connectivity index (χ0) is 16.2. The highest BCUT2D eigenvalue weighted by atomic mass is 16.6. The van der Waals surface area contributed by atoms with E-state index in [-0.39, 0.29) is 10.6 Å². The second-order valence-electron chi connectivity index (χ2n) is 6.08. The maximum atomic E-state index is 10.9. The van der Waals surface area contributed by atoms with E-state index in [1.165, 1.54) is 11.8 Å². The molecule has 0 aromatic carbocycles. The van der Waals surface area contributed by atoms with Gasteiger partial charge in [-0.15, -0.1) is 0 Å². The lowest BCUT2D eigenvalue weighted by atomic mass is 9.91. The van der Waals surface area contributed by atoms with Gasteiger partial charge in [-0.2, -0.15) is 0 Å². The molecule has 2 aromatic heterocycles. The van der Waals surface area contributed by atoms with Gasteiger partial charge in [0.15, 0.2) is 0 Å². The van der Waals surface area contributed by atoms with E-state index in [2.05, 4.69) is 20.9 Å². The fourth-order valence-electron chi connectivity index (χ4n) is 3.12. The van der Waals surface area contributed by atoms with Gasteiger partial charge in [0.25, 0.3) is 5.69 Å². The SMILES string of the molecule is Cc1cc(N2CCC(Cc3cccnc3)CC2)ncc1[N+](=O)[O-]. The third-order valence-electron chi connectivity index (χ3n) is 4.45. The number of aryl methyl sites for hydroxylation is 1. The Balaban J connectivity index is 1.60. The van der Waals surface area contributed by atoms with Crippen LogP contribution in [0.15, 0.2) is 36.8 Å². The fraction of sp³-hybridized carbons (Fsp3) is 0.412.